The van der Waals surface area contributed by atoms with Gasteiger partial charge in [-0.3, -0.25) is 14.0 Å². The van der Waals surface area contributed by atoms with E-state index in [1.807, 2.05) is 30.8 Å². The largest absolute Gasteiger partial charge is 0.352 e. The number of nitrogens with zero attached hydrogens (tertiary/aromatic N) is 5. The average Bonchev–Trinajstić information content (AvgIpc) is 3.22. The Balaban J connectivity index is 1.51. The van der Waals surface area contributed by atoms with E-state index in [0.717, 1.165) is 24.2 Å². The zero-order chi connectivity index (χ0) is 17.8. The van der Waals surface area contributed by atoms with E-state index < -0.39 is 0 Å². The lowest BCUT2D eigenvalue weighted by Gasteiger charge is -2.07. The van der Waals surface area contributed by atoms with Crippen molar-refractivity contribution in [2.45, 2.75) is 26.7 Å². The van der Waals surface area contributed by atoms with Crippen LogP contribution in [0.4, 0.5) is 0 Å². The van der Waals surface area contributed by atoms with Crippen molar-refractivity contribution in [2.24, 2.45) is 7.05 Å². The summed E-state index contributed by atoms with van der Waals surface area (Å²) in [6.07, 6.45) is 5.05. The zero-order valence-electron chi connectivity index (χ0n) is 14.7. The maximum Gasteiger partial charge on any atom is 0.251 e. The average molecular weight is 338 g/mol. The van der Waals surface area contributed by atoms with Crippen LogP contribution in [0.1, 0.15) is 33.7 Å². The molecule has 0 aliphatic carbocycles. The first-order valence-corrected chi connectivity index (χ1v) is 8.28. The first-order chi connectivity index (χ1) is 12.1. The molecule has 1 amide bonds. The Morgan fingerprint density at radius 1 is 1.12 bits per heavy atom. The molecule has 0 saturated carbocycles. The summed E-state index contributed by atoms with van der Waals surface area (Å²) in [5.41, 5.74) is 5.09. The highest BCUT2D eigenvalue weighted by atomic mass is 16.1. The Hall–Kier alpha value is -2.96. The van der Waals surface area contributed by atoms with E-state index in [1.54, 1.807) is 29.4 Å². The summed E-state index contributed by atoms with van der Waals surface area (Å²) < 4.78 is 3.70. The smallest absolute Gasteiger partial charge is 0.251 e. The number of rotatable bonds is 6. The number of aromatic nitrogens is 5. The minimum absolute atomic E-state index is 0.0602. The van der Waals surface area contributed by atoms with Gasteiger partial charge in [-0.25, -0.2) is 0 Å². The molecule has 0 aliphatic heterocycles. The maximum atomic E-state index is 12.2. The molecular weight excluding hydrogens is 316 g/mol. The van der Waals surface area contributed by atoms with Crippen molar-refractivity contribution in [1.82, 2.24) is 29.9 Å². The fourth-order valence-corrected chi connectivity index (χ4v) is 2.87. The molecule has 1 aromatic carbocycles. The van der Waals surface area contributed by atoms with Crippen molar-refractivity contribution in [1.29, 1.82) is 0 Å². The van der Waals surface area contributed by atoms with Crippen LogP contribution in [0.2, 0.25) is 0 Å². The molecule has 0 unspecified atom stereocenters. The van der Waals surface area contributed by atoms with E-state index in [0.29, 0.717) is 12.1 Å². The number of nitrogens with one attached hydrogen (secondary N) is 1. The highest BCUT2D eigenvalue weighted by Crippen LogP contribution is 2.14. The molecule has 0 radical (unpaired) electrons. The van der Waals surface area contributed by atoms with E-state index >= 15 is 0 Å². The van der Waals surface area contributed by atoms with Crippen molar-refractivity contribution in [3.63, 3.8) is 0 Å². The lowest BCUT2D eigenvalue weighted by Crippen LogP contribution is -2.24. The molecule has 7 heteroatoms. The number of carbonyl (C=O) groups is 1. The highest BCUT2D eigenvalue weighted by Gasteiger charge is 2.09. The third-order valence-corrected chi connectivity index (χ3v) is 4.39. The van der Waals surface area contributed by atoms with Crippen LogP contribution in [0.3, 0.4) is 0 Å². The summed E-state index contributed by atoms with van der Waals surface area (Å²) in [6, 6.07) is 7.36. The number of aryl methyl sites for hydroxylation is 2. The second-order valence-electron chi connectivity index (χ2n) is 6.05. The molecule has 2 heterocycles. The minimum Gasteiger partial charge on any atom is -0.352 e. The summed E-state index contributed by atoms with van der Waals surface area (Å²) in [7, 11) is 1.96. The van der Waals surface area contributed by atoms with Crippen molar-refractivity contribution in [2.75, 3.05) is 6.54 Å². The van der Waals surface area contributed by atoms with Gasteiger partial charge in [0.2, 0.25) is 0 Å². The van der Waals surface area contributed by atoms with Gasteiger partial charge in [-0.15, -0.1) is 10.2 Å². The fraction of sp³-hybridized carbons (Fsp3) is 0.333. The molecule has 2 aromatic heterocycles. The number of hydrogen-bond donors (Lipinski definition) is 1. The maximum absolute atomic E-state index is 12.2. The normalized spacial score (nSPS) is 10.8. The van der Waals surface area contributed by atoms with Crippen LogP contribution < -0.4 is 5.32 Å². The molecule has 0 bridgehead atoms. The molecule has 25 heavy (non-hydrogen) atoms. The molecule has 0 aliphatic rings. The Bertz CT molecular complexity index is 849. The van der Waals surface area contributed by atoms with Crippen LogP contribution in [0, 0.1) is 13.8 Å². The lowest BCUT2D eigenvalue weighted by molar-refractivity contribution is 0.0953. The van der Waals surface area contributed by atoms with Gasteiger partial charge in [-0.2, -0.15) is 5.10 Å². The number of hydrogen-bond acceptors (Lipinski definition) is 4. The quantitative estimate of drug-likeness (QED) is 0.697. The van der Waals surface area contributed by atoms with Gasteiger partial charge in [0.05, 0.1) is 5.69 Å². The Morgan fingerprint density at radius 3 is 2.40 bits per heavy atom. The Kier molecular flexibility index (Phi) is 4.92. The molecule has 130 valence electrons. The molecular formula is C18H22N6O. The van der Waals surface area contributed by atoms with Crippen molar-refractivity contribution in [3.8, 4) is 5.69 Å². The van der Waals surface area contributed by atoms with Gasteiger partial charge < -0.3 is 5.32 Å². The molecule has 7 nitrogen and oxygen atoms in total. The first-order valence-electron chi connectivity index (χ1n) is 8.28. The number of benzene rings is 1. The van der Waals surface area contributed by atoms with Crippen LogP contribution >= 0.6 is 0 Å². The van der Waals surface area contributed by atoms with Gasteiger partial charge in [-0.1, -0.05) is 0 Å². The summed E-state index contributed by atoms with van der Waals surface area (Å²) >= 11 is 0. The van der Waals surface area contributed by atoms with Gasteiger partial charge in [0, 0.05) is 30.5 Å². The Labute approximate surface area is 146 Å². The summed E-state index contributed by atoms with van der Waals surface area (Å²) in [6.45, 7) is 4.74. The third kappa shape index (κ3) is 3.76. The molecule has 0 fully saturated rings. The molecule has 0 atom stereocenters. The van der Waals surface area contributed by atoms with Crippen molar-refractivity contribution < 1.29 is 4.79 Å². The van der Waals surface area contributed by atoms with Crippen molar-refractivity contribution in [3.05, 3.63) is 59.4 Å². The predicted molar refractivity (Wildman–Crippen MR) is 94.7 cm³/mol. The van der Waals surface area contributed by atoms with Gasteiger partial charge in [0.1, 0.15) is 12.7 Å². The van der Waals surface area contributed by atoms with Gasteiger partial charge in [-0.05, 0) is 56.5 Å². The molecule has 1 N–H and O–H groups in total. The van der Waals surface area contributed by atoms with E-state index in [-0.39, 0.29) is 5.91 Å². The summed E-state index contributed by atoms with van der Waals surface area (Å²) in [5.74, 6) is -0.0602. The second kappa shape index (κ2) is 7.29. The van der Waals surface area contributed by atoms with E-state index in [9.17, 15) is 4.79 Å². The van der Waals surface area contributed by atoms with Gasteiger partial charge >= 0.3 is 0 Å². The van der Waals surface area contributed by atoms with Crippen LogP contribution in [-0.2, 0) is 13.5 Å². The molecule has 3 aromatic rings. The standard InChI is InChI=1S/C18H22N6O/c1-13-17(14(2)23(3)22-13)5-4-10-19-18(25)15-6-8-16(9-7-15)24-11-20-21-12-24/h6-9,11-12H,4-5,10H2,1-3H3,(H,19,25). The van der Waals surface area contributed by atoms with Gasteiger partial charge in [0.15, 0.2) is 0 Å². The highest BCUT2D eigenvalue weighted by molar-refractivity contribution is 5.94. The summed E-state index contributed by atoms with van der Waals surface area (Å²) in [4.78, 5) is 12.2. The lowest BCUT2D eigenvalue weighted by atomic mass is 10.1. The fourth-order valence-electron chi connectivity index (χ4n) is 2.87. The molecule has 0 saturated heterocycles. The minimum atomic E-state index is -0.0602. The SMILES string of the molecule is Cc1nn(C)c(C)c1CCCNC(=O)c1ccc(-n2cnnc2)cc1. The van der Waals surface area contributed by atoms with Crippen molar-refractivity contribution >= 4 is 5.91 Å². The third-order valence-electron chi connectivity index (χ3n) is 4.39. The molecule has 0 spiro atoms. The second-order valence-corrected chi connectivity index (χ2v) is 6.05. The monoisotopic (exact) mass is 338 g/mol. The van der Waals surface area contributed by atoms with E-state index in [2.05, 4.69) is 27.5 Å². The van der Waals surface area contributed by atoms with Crippen LogP contribution in [0.5, 0.6) is 0 Å². The van der Waals surface area contributed by atoms with Crippen LogP contribution in [0.15, 0.2) is 36.9 Å². The van der Waals surface area contributed by atoms with E-state index in [1.165, 1.54) is 11.3 Å². The zero-order valence-corrected chi connectivity index (χ0v) is 14.7. The first kappa shape index (κ1) is 16.9. The number of amides is 1. The van der Waals surface area contributed by atoms with Crippen LogP contribution in [0.25, 0.3) is 5.69 Å². The van der Waals surface area contributed by atoms with E-state index in [4.69, 9.17) is 0 Å². The Morgan fingerprint density at radius 2 is 1.80 bits per heavy atom. The number of carbonyl (C=O) groups excluding carboxylic acids is 1. The topological polar surface area (TPSA) is 77.6 Å². The summed E-state index contributed by atoms with van der Waals surface area (Å²) in [5, 5.41) is 14.9. The van der Waals surface area contributed by atoms with Gasteiger partial charge in [0.25, 0.3) is 5.91 Å². The van der Waals surface area contributed by atoms with Crippen LogP contribution in [-0.4, -0.2) is 37.0 Å². The predicted octanol–water partition coefficient (Wildman–Crippen LogP) is 1.98. The molecule has 3 rings (SSSR count).